The molecule has 0 aliphatic rings. The summed E-state index contributed by atoms with van der Waals surface area (Å²) in [4.78, 5) is 27.6. The Kier molecular flexibility index (Phi) is 5.33. The fraction of sp³-hybridized carbons (Fsp3) is 0.167. The lowest BCUT2D eigenvalue weighted by atomic mass is 10.2. The van der Waals surface area contributed by atoms with Crippen molar-refractivity contribution in [3.63, 3.8) is 0 Å². The van der Waals surface area contributed by atoms with E-state index in [2.05, 4.69) is 15.6 Å². The number of nitrogens with two attached hydrogens (primary N) is 1. The van der Waals surface area contributed by atoms with E-state index in [4.69, 9.17) is 10.5 Å². The van der Waals surface area contributed by atoms with Crippen LogP contribution in [0.3, 0.4) is 0 Å². The molecule has 0 saturated heterocycles. The second kappa shape index (κ2) is 7.83. The predicted molar refractivity (Wildman–Crippen MR) is 102 cm³/mol. The molecule has 0 spiro atoms. The van der Waals surface area contributed by atoms with E-state index in [1.807, 2.05) is 24.3 Å². The van der Waals surface area contributed by atoms with E-state index in [1.54, 1.807) is 31.2 Å². The van der Waals surface area contributed by atoms with Crippen molar-refractivity contribution in [3.05, 3.63) is 48.5 Å². The Morgan fingerprint density at radius 1 is 1.23 bits per heavy atom. The number of carbonyl (C=O) groups is 2. The average molecular weight is 370 g/mol. The summed E-state index contributed by atoms with van der Waals surface area (Å²) in [5, 5.41) is 6.60. The summed E-state index contributed by atoms with van der Waals surface area (Å²) in [6.07, 6.45) is 0. The number of amides is 2. The average Bonchev–Trinajstić information content (AvgIpc) is 3.02. The predicted octanol–water partition coefficient (Wildman–Crippen LogP) is 2.60. The quantitative estimate of drug-likeness (QED) is 0.593. The Morgan fingerprint density at radius 3 is 2.81 bits per heavy atom. The number of rotatable bonds is 7. The largest absolute Gasteiger partial charge is 0.484 e. The van der Waals surface area contributed by atoms with E-state index in [0.717, 1.165) is 10.2 Å². The van der Waals surface area contributed by atoms with Gasteiger partial charge in [-0.3, -0.25) is 9.59 Å². The van der Waals surface area contributed by atoms with E-state index in [9.17, 15) is 9.59 Å². The van der Waals surface area contributed by atoms with Crippen LogP contribution in [0.15, 0.2) is 48.5 Å². The fourth-order valence-corrected chi connectivity index (χ4v) is 3.21. The first-order valence-electron chi connectivity index (χ1n) is 7.95. The van der Waals surface area contributed by atoms with Crippen molar-refractivity contribution in [2.45, 2.75) is 13.0 Å². The molecule has 2 aromatic carbocycles. The minimum absolute atomic E-state index is 0.212. The van der Waals surface area contributed by atoms with Crippen LogP contribution in [0.1, 0.15) is 6.92 Å². The van der Waals surface area contributed by atoms with Crippen LogP contribution in [-0.2, 0) is 9.59 Å². The Balaban J connectivity index is 1.61. The Morgan fingerprint density at radius 2 is 2.04 bits per heavy atom. The van der Waals surface area contributed by atoms with Crippen LogP contribution >= 0.6 is 11.3 Å². The number of fused-ring (bicyclic) bond motifs is 1. The van der Waals surface area contributed by atoms with Crippen molar-refractivity contribution in [2.75, 3.05) is 17.2 Å². The van der Waals surface area contributed by atoms with Gasteiger partial charge in [0.05, 0.1) is 10.2 Å². The maximum absolute atomic E-state index is 12.4. The third kappa shape index (κ3) is 4.48. The van der Waals surface area contributed by atoms with Gasteiger partial charge in [-0.05, 0) is 31.2 Å². The second-order valence-electron chi connectivity index (χ2n) is 5.62. The van der Waals surface area contributed by atoms with E-state index in [-0.39, 0.29) is 12.5 Å². The zero-order chi connectivity index (χ0) is 18.5. The fourth-order valence-electron chi connectivity index (χ4n) is 2.25. The van der Waals surface area contributed by atoms with Crippen molar-refractivity contribution >= 4 is 44.2 Å². The molecule has 7 nitrogen and oxygen atoms in total. The number of ether oxygens (including phenoxy) is 1. The topological polar surface area (TPSA) is 106 Å². The highest BCUT2D eigenvalue weighted by molar-refractivity contribution is 7.22. The number of benzene rings is 2. The molecule has 134 valence electrons. The summed E-state index contributed by atoms with van der Waals surface area (Å²) >= 11 is 1.50. The number of anilines is 2. The van der Waals surface area contributed by atoms with Crippen molar-refractivity contribution < 1.29 is 14.3 Å². The van der Waals surface area contributed by atoms with Gasteiger partial charge in [0.2, 0.25) is 5.91 Å². The molecular formula is C18H18N4O3S. The number of nitrogens with zero attached hydrogens (tertiary/aromatic N) is 1. The van der Waals surface area contributed by atoms with Gasteiger partial charge >= 0.3 is 0 Å². The van der Waals surface area contributed by atoms with Gasteiger partial charge in [-0.25, -0.2) is 4.98 Å². The van der Waals surface area contributed by atoms with Crippen molar-refractivity contribution in [2.24, 2.45) is 5.73 Å². The maximum atomic E-state index is 12.4. The summed E-state index contributed by atoms with van der Waals surface area (Å²) in [5.74, 6) is -0.321. The molecule has 2 amide bonds. The molecule has 0 saturated carbocycles. The minimum Gasteiger partial charge on any atom is -0.484 e. The first-order chi connectivity index (χ1) is 12.5. The second-order valence-corrected chi connectivity index (χ2v) is 6.66. The number of nitrogens with one attached hydrogen (secondary N) is 2. The highest BCUT2D eigenvalue weighted by Gasteiger charge is 2.15. The number of aromatic nitrogens is 1. The lowest BCUT2D eigenvalue weighted by Gasteiger charge is -2.14. The van der Waals surface area contributed by atoms with Gasteiger partial charge in [-0.2, -0.15) is 0 Å². The van der Waals surface area contributed by atoms with E-state index < -0.39 is 11.9 Å². The summed E-state index contributed by atoms with van der Waals surface area (Å²) in [7, 11) is 0. The number of carbonyl (C=O) groups excluding carboxylic acids is 2. The van der Waals surface area contributed by atoms with Crippen LogP contribution in [0.4, 0.5) is 10.8 Å². The first-order valence-corrected chi connectivity index (χ1v) is 8.77. The number of para-hydroxylation sites is 1. The molecule has 0 aliphatic carbocycles. The highest BCUT2D eigenvalue weighted by Crippen LogP contribution is 2.26. The Hall–Kier alpha value is -3.13. The van der Waals surface area contributed by atoms with Crippen LogP contribution in [-0.4, -0.2) is 29.4 Å². The molecule has 0 aliphatic heterocycles. The molecular weight excluding hydrogens is 352 g/mol. The number of hydrogen-bond donors (Lipinski definition) is 3. The summed E-state index contributed by atoms with van der Waals surface area (Å²) in [5.41, 5.74) is 6.51. The molecule has 1 aromatic heterocycles. The molecule has 1 unspecified atom stereocenters. The van der Waals surface area contributed by atoms with Crippen molar-refractivity contribution in [1.82, 2.24) is 4.98 Å². The summed E-state index contributed by atoms with van der Waals surface area (Å²) in [6.45, 7) is 1.54. The summed E-state index contributed by atoms with van der Waals surface area (Å²) in [6, 6.07) is 14.1. The van der Waals surface area contributed by atoms with Gasteiger partial charge in [0, 0.05) is 11.8 Å². The molecule has 1 heterocycles. The number of primary amides is 1. The van der Waals surface area contributed by atoms with E-state index in [1.165, 1.54) is 11.3 Å². The van der Waals surface area contributed by atoms with Gasteiger partial charge in [-0.1, -0.05) is 29.5 Å². The minimum atomic E-state index is -0.562. The van der Waals surface area contributed by atoms with Crippen molar-refractivity contribution in [3.8, 4) is 5.75 Å². The molecule has 4 N–H and O–H groups in total. The highest BCUT2D eigenvalue weighted by atomic mass is 32.1. The molecule has 26 heavy (non-hydrogen) atoms. The van der Waals surface area contributed by atoms with Gasteiger partial charge in [0.25, 0.3) is 5.91 Å². The van der Waals surface area contributed by atoms with Crippen LogP contribution in [0.5, 0.6) is 5.75 Å². The number of hydrogen-bond acceptors (Lipinski definition) is 6. The standard InChI is InChI=1S/C18H18N4O3S/c1-11(20-18-22-14-7-2-3-8-15(14)26-18)17(24)21-12-5-4-6-13(9-12)25-10-16(19)23/h2-9,11H,10H2,1H3,(H2,19,23)(H,20,22)(H,21,24). The molecule has 3 aromatic rings. The summed E-state index contributed by atoms with van der Waals surface area (Å²) < 4.78 is 6.29. The molecule has 0 radical (unpaired) electrons. The molecule has 3 rings (SSSR count). The zero-order valence-electron chi connectivity index (χ0n) is 14.1. The van der Waals surface area contributed by atoms with Crippen LogP contribution in [0.2, 0.25) is 0 Å². The van der Waals surface area contributed by atoms with Crippen molar-refractivity contribution in [1.29, 1.82) is 0 Å². The van der Waals surface area contributed by atoms with Crippen LogP contribution < -0.4 is 21.1 Å². The molecule has 0 fully saturated rings. The van der Waals surface area contributed by atoms with Crippen LogP contribution in [0, 0.1) is 0 Å². The maximum Gasteiger partial charge on any atom is 0.255 e. The van der Waals surface area contributed by atoms with E-state index in [0.29, 0.717) is 16.6 Å². The van der Waals surface area contributed by atoms with Gasteiger partial charge in [0.1, 0.15) is 11.8 Å². The van der Waals surface area contributed by atoms with Gasteiger partial charge < -0.3 is 21.1 Å². The Bertz CT molecular complexity index is 908. The number of thiazole rings is 1. The molecule has 8 heteroatoms. The normalized spacial score (nSPS) is 11.7. The van der Waals surface area contributed by atoms with E-state index >= 15 is 0 Å². The van der Waals surface area contributed by atoms with Crippen LogP contribution in [0.25, 0.3) is 10.2 Å². The Labute approximate surface area is 154 Å². The zero-order valence-corrected chi connectivity index (χ0v) is 14.9. The monoisotopic (exact) mass is 370 g/mol. The molecule has 1 atom stereocenters. The van der Waals surface area contributed by atoms with Gasteiger partial charge in [-0.15, -0.1) is 0 Å². The molecule has 0 bridgehead atoms. The third-order valence-electron chi connectivity index (χ3n) is 3.51. The first kappa shape index (κ1) is 17.7. The lowest BCUT2D eigenvalue weighted by molar-refractivity contribution is -0.120. The lowest BCUT2D eigenvalue weighted by Crippen LogP contribution is -2.31. The third-order valence-corrected chi connectivity index (χ3v) is 4.48. The van der Waals surface area contributed by atoms with Gasteiger partial charge in [0.15, 0.2) is 11.7 Å². The SMILES string of the molecule is CC(Nc1nc2ccccc2s1)C(=O)Nc1cccc(OCC(N)=O)c1. The smallest absolute Gasteiger partial charge is 0.255 e.